The number of nitrogens with zero attached hydrogens (tertiary/aromatic N) is 3. The molecule has 3 aromatic rings. The van der Waals surface area contributed by atoms with Crippen molar-refractivity contribution in [3.63, 3.8) is 0 Å². The van der Waals surface area contributed by atoms with E-state index in [9.17, 15) is 9.65 Å². The van der Waals surface area contributed by atoms with Crippen molar-refractivity contribution in [2.45, 2.75) is 0 Å². The first-order valence-corrected chi connectivity index (χ1v) is 6.35. The molecule has 21 heavy (non-hydrogen) atoms. The van der Waals surface area contributed by atoms with Crippen molar-refractivity contribution >= 4 is 0 Å². The van der Waals surface area contributed by atoms with E-state index in [-0.39, 0.29) is 5.82 Å². The summed E-state index contributed by atoms with van der Waals surface area (Å²) in [6.07, 6.45) is 3.01. The summed E-state index contributed by atoms with van der Waals surface area (Å²) in [6, 6.07) is 15.6. The molecule has 4 heteroatoms. The lowest BCUT2D eigenvalue weighted by Gasteiger charge is -2.11. The number of hydrogen-bond donors (Lipinski definition) is 0. The van der Waals surface area contributed by atoms with Gasteiger partial charge in [-0.3, -0.25) is 0 Å². The monoisotopic (exact) mass is 275 g/mol. The van der Waals surface area contributed by atoms with Crippen molar-refractivity contribution in [3.05, 3.63) is 72.4 Å². The van der Waals surface area contributed by atoms with Crippen LogP contribution in [0.4, 0.5) is 4.39 Å². The first-order valence-electron chi connectivity index (χ1n) is 6.35. The normalized spacial score (nSPS) is 10.1. The largest absolute Gasteiger partial charge is 0.245 e. The zero-order valence-corrected chi connectivity index (χ0v) is 11.0. The second kappa shape index (κ2) is 5.51. The summed E-state index contributed by atoms with van der Waals surface area (Å²) < 4.78 is 14.1. The Hall–Kier alpha value is -3.06. The van der Waals surface area contributed by atoms with Crippen LogP contribution in [0.1, 0.15) is 5.56 Å². The van der Waals surface area contributed by atoms with Crippen LogP contribution in [0.15, 0.2) is 61.1 Å². The van der Waals surface area contributed by atoms with E-state index in [2.05, 4.69) is 16.0 Å². The van der Waals surface area contributed by atoms with Gasteiger partial charge in [0.1, 0.15) is 12.1 Å². The van der Waals surface area contributed by atoms with E-state index >= 15 is 0 Å². The Bertz CT molecular complexity index is 823. The first kappa shape index (κ1) is 12.9. The summed E-state index contributed by atoms with van der Waals surface area (Å²) in [6.45, 7) is 0. The lowest BCUT2D eigenvalue weighted by Crippen LogP contribution is -1.94. The van der Waals surface area contributed by atoms with Crippen molar-refractivity contribution in [3.8, 4) is 28.5 Å². The summed E-state index contributed by atoms with van der Waals surface area (Å²) in [4.78, 5) is 8.07. The molecule has 100 valence electrons. The number of rotatable bonds is 2. The molecule has 0 atom stereocenters. The zero-order chi connectivity index (χ0) is 14.7. The van der Waals surface area contributed by atoms with Crippen molar-refractivity contribution in [1.29, 1.82) is 5.26 Å². The average molecular weight is 275 g/mol. The second-order valence-corrected chi connectivity index (χ2v) is 4.41. The molecule has 0 aliphatic carbocycles. The number of benzene rings is 2. The van der Waals surface area contributed by atoms with Crippen LogP contribution in [0.3, 0.4) is 0 Å². The maximum Gasteiger partial charge on any atom is 0.131 e. The van der Waals surface area contributed by atoms with Crippen LogP contribution < -0.4 is 0 Å². The average Bonchev–Trinajstić information content (AvgIpc) is 2.55. The molecule has 0 aliphatic rings. The highest BCUT2D eigenvalue weighted by Gasteiger charge is 2.15. The predicted octanol–water partition coefficient (Wildman–Crippen LogP) is 3.82. The number of aromatic nitrogens is 2. The quantitative estimate of drug-likeness (QED) is 0.714. The Balaban J connectivity index is 2.33. The number of hydrogen-bond acceptors (Lipinski definition) is 3. The fourth-order valence-electron chi connectivity index (χ4n) is 2.26. The van der Waals surface area contributed by atoms with Crippen LogP contribution in [0.2, 0.25) is 0 Å². The van der Waals surface area contributed by atoms with E-state index in [1.54, 1.807) is 48.7 Å². The third-order valence-electron chi connectivity index (χ3n) is 3.19. The number of halogens is 1. The summed E-state index contributed by atoms with van der Waals surface area (Å²) in [5, 5.41) is 9.33. The lowest BCUT2D eigenvalue weighted by molar-refractivity contribution is 0.631. The van der Waals surface area contributed by atoms with Gasteiger partial charge in [0, 0.05) is 17.3 Å². The zero-order valence-electron chi connectivity index (χ0n) is 11.0. The Morgan fingerprint density at radius 1 is 0.952 bits per heavy atom. The lowest BCUT2D eigenvalue weighted by atomic mass is 9.93. The van der Waals surface area contributed by atoms with Crippen molar-refractivity contribution < 1.29 is 4.39 Å². The highest BCUT2D eigenvalue weighted by Crippen LogP contribution is 2.34. The van der Waals surface area contributed by atoms with Gasteiger partial charge in [-0.2, -0.15) is 5.26 Å². The van der Waals surface area contributed by atoms with Gasteiger partial charge in [0.05, 0.1) is 17.3 Å². The highest BCUT2D eigenvalue weighted by molar-refractivity contribution is 5.85. The molecule has 0 N–H and O–H groups in total. The van der Waals surface area contributed by atoms with Gasteiger partial charge in [-0.1, -0.05) is 30.3 Å². The molecule has 0 amide bonds. The predicted molar refractivity (Wildman–Crippen MR) is 77.6 cm³/mol. The maximum absolute atomic E-state index is 14.1. The Labute approximate surface area is 121 Å². The molecule has 1 heterocycles. The van der Waals surface area contributed by atoms with Crippen molar-refractivity contribution in [2.75, 3.05) is 0 Å². The Morgan fingerprint density at radius 2 is 1.76 bits per heavy atom. The van der Waals surface area contributed by atoms with Crippen LogP contribution in [0.25, 0.3) is 22.4 Å². The van der Waals surface area contributed by atoms with Gasteiger partial charge < -0.3 is 0 Å². The summed E-state index contributed by atoms with van der Waals surface area (Å²) in [5.74, 6) is -0.331. The van der Waals surface area contributed by atoms with Gasteiger partial charge in [0.2, 0.25) is 0 Å². The molecule has 3 nitrogen and oxygen atoms in total. The van der Waals surface area contributed by atoms with E-state index in [0.29, 0.717) is 27.9 Å². The third-order valence-corrected chi connectivity index (χ3v) is 3.19. The minimum absolute atomic E-state index is 0.331. The van der Waals surface area contributed by atoms with E-state index in [1.165, 1.54) is 12.4 Å². The van der Waals surface area contributed by atoms with E-state index in [0.717, 1.165) is 0 Å². The van der Waals surface area contributed by atoms with E-state index < -0.39 is 0 Å². The maximum atomic E-state index is 14.1. The van der Waals surface area contributed by atoms with E-state index in [1.807, 2.05) is 0 Å². The van der Waals surface area contributed by atoms with Crippen molar-refractivity contribution in [2.24, 2.45) is 0 Å². The molecule has 0 saturated heterocycles. The molecule has 0 aliphatic heterocycles. The summed E-state index contributed by atoms with van der Waals surface area (Å²) in [7, 11) is 0. The SMILES string of the molecule is N#Cc1cccc(-c2ccccc2F)c1-c1ccncn1. The first-order chi connectivity index (χ1) is 10.3. The molecular formula is C17H10FN3. The van der Waals surface area contributed by atoms with Gasteiger partial charge in [-0.15, -0.1) is 0 Å². The third kappa shape index (κ3) is 2.37. The minimum Gasteiger partial charge on any atom is -0.245 e. The molecule has 0 bridgehead atoms. The van der Waals surface area contributed by atoms with Crippen LogP contribution >= 0.6 is 0 Å². The topological polar surface area (TPSA) is 49.6 Å². The van der Waals surface area contributed by atoms with Crippen molar-refractivity contribution in [1.82, 2.24) is 9.97 Å². The minimum atomic E-state index is -0.331. The summed E-state index contributed by atoms with van der Waals surface area (Å²) >= 11 is 0. The molecule has 3 rings (SSSR count). The van der Waals surface area contributed by atoms with Crippen LogP contribution in [-0.4, -0.2) is 9.97 Å². The molecule has 0 spiro atoms. The van der Waals surface area contributed by atoms with Gasteiger partial charge >= 0.3 is 0 Å². The molecule has 1 aromatic heterocycles. The van der Waals surface area contributed by atoms with Crippen LogP contribution in [0, 0.1) is 17.1 Å². The summed E-state index contributed by atoms with van der Waals surface area (Å²) in [5.41, 5.74) is 2.76. The standard InChI is InChI=1S/C17H10FN3/c18-15-7-2-1-5-13(15)14-6-3-4-12(10-19)17(14)16-8-9-20-11-21-16/h1-9,11H. The molecule has 0 fully saturated rings. The molecule has 2 aromatic carbocycles. The van der Waals surface area contributed by atoms with Crippen LogP contribution in [0.5, 0.6) is 0 Å². The smallest absolute Gasteiger partial charge is 0.131 e. The van der Waals surface area contributed by atoms with Gasteiger partial charge in [-0.25, -0.2) is 14.4 Å². The Kier molecular flexibility index (Phi) is 3.40. The number of nitriles is 1. The van der Waals surface area contributed by atoms with E-state index in [4.69, 9.17) is 0 Å². The van der Waals surface area contributed by atoms with Gasteiger partial charge in [0.15, 0.2) is 0 Å². The molecule has 0 radical (unpaired) electrons. The highest BCUT2D eigenvalue weighted by atomic mass is 19.1. The van der Waals surface area contributed by atoms with Gasteiger partial charge in [0.25, 0.3) is 0 Å². The van der Waals surface area contributed by atoms with Gasteiger partial charge in [-0.05, 0) is 23.8 Å². The molecule has 0 saturated carbocycles. The van der Waals surface area contributed by atoms with Crippen LogP contribution in [-0.2, 0) is 0 Å². The molecular weight excluding hydrogens is 265 g/mol. The molecule has 0 unspecified atom stereocenters. The second-order valence-electron chi connectivity index (χ2n) is 4.41. The fourth-order valence-corrected chi connectivity index (χ4v) is 2.26. The fraction of sp³-hybridized carbons (Fsp3) is 0. The Morgan fingerprint density at radius 3 is 2.48 bits per heavy atom.